The second kappa shape index (κ2) is 7.32. The zero-order valence-corrected chi connectivity index (χ0v) is 15.1. The van der Waals surface area contributed by atoms with E-state index in [1.54, 1.807) is 43.5 Å². The molecular weight excluding hydrogens is 350 g/mol. The van der Waals surface area contributed by atoms with Gasteiger partial charge in [-0.1, -0.05) is 36.4 Å². The fourth-order valence-electron chi connectivity index (χ4n) is 2.51. The molecule has 0 amide bonds. The van der Waals surface area contributed by atoms with Gasteiger partial charge in [-0.3, -0.25) is 10.1 Å². The molecule has 0 radical (unpaired) electrons. The molecule has 7 nitrogen and oxygen atoms in total. The van der Waals surface area contributed by atoms with Crippen molar-refractivity contribution < 1.29 is 4.92 Å². The summed E-state index contributed by atoms with van der Waals surface area (Å²) >= 11 is 5.29. The molecule has 2 aromatic carbocycles. The minimum absolute atomic E-state index is 0.0293. The van der Waals surface area contributed by atoms with Crippen LogP contribution in [0.3, 0.4) is 0 Å². The number of anilines is 1. The van der Waals surface area contributed by atoms with Gasteiger partial charge in [0.2, 0.25) is 0 Å². The lowest BCUT2D eigenvalue weighted by Crippen LogP contribution is -2.11. The Morgan fingerprint density at radius 3 is 2.62 bits per heavy atom. The number of nitrogens with one attached hydrogen (secondary N) is 1. The molecule has 26 heavy (non-hydrogen) atoms. The number of hydrogen-bond donors (Lipinski definition) is 1. The third-order valence-electron chi connectivity index (χ3n) is 3.80. The Kier molecular flexibility index (Phi) is 4.94. The van der Waals surface area contributed by atoms with Gasteiger partial charge in [0.05, 0.1) is 23.0 Å². The molecule has 3 aromatic rings. The molecule has 0 aliphatic heterocycles. The monoisotopic (exact) mass is 367 g/mol. The lowest BCUT2D eigenvalue weighted by atomic mass is 10.2. The van der Waals surface area contributed by atoms with E-state index in [2.05, 4.69) is 10.1 Å². The van der Waals surface area contributed by atoms with Crippen molar-refractivity contribution in [2.75, 3.05) is 19.0 Å². The van der Waals surface area contributed by atoms with Crippen molar-refractivity contribution in [2.24, 2.45) is 5.10 Å². The van der Waals surface area contributed by atoms with Gasteiger partial charge >= 0.3 is 0 Å². The van der Waals surface area contributed by atoms with Crippen molar-refractivity contribution in [3.8, 4) is 11.3 Å². The highest BCUT2D eigenvalue weighted by atomic mass is 32.1. The molecule has 0 aliphatic rings. The van der Waals surface area contributed by atoms with Crippen LogP contribution in [-0.4, -0.2) is 34.9 Å². The standard InChI is InChI=1S/C18H17N5O2S/c1-21(2)16-9-8-13(10-17(16)23(24)25)11-19-22-12-15(20-18(22)26)14-6-4-3-5-7-14/h3-12H,1-2H3,(H,20,26)/b19-11-. The van der Waals surface area contributed by atoms with E-state index in [1.807, 2.05) is 30.3 Å². The average molecular weight is 367 g/mol. The first-order valence-electron chi connectivity index (χ1n) is 7.83. The first kappa shape index (κ1) is 17.6. The van der Waals surface area contributed by atoms with E-state index in [9.17, 15) is 10.1 Å². The van der Waals surface area contributed by atoms with Gasteiger partial charge in [0.1, 0.15) is 5.69 Å². The van der Waals surface area contributed by atoms with Gasteiger partial charge in [-0.05, 0) is 23.8 Å². The number of rotatable bonds is 5. The first-order valence-corrected chi connectivity index (χ1v) is 8.24. The van der Waals surface area contributed by atoms with E-state index >= 15 is 0 Å². The van der Waals surface area contributed by atoms with Gasteiger partial charge in [-0.25, -0.2) is 4.68 Å². The highest BCUT2D eigenvalue weighted by Crippen LogP contribution is 2.27. The molecule has 0 bridgehead atoms. The summed E-state index contributed by atoms with van der Waals surface area (Å²) in [7, 11) is 3.53. The number of benzene rings is 2. The van der Waals surface area contributed by atoms with E-state index in [0.717, 1.165) is 11.3 Å². The highest BCUT2D eigenvalue weighted by Gasteiger charge is 2.15. The molecule has 0 saturated heterocycles. The maximum absolute atomic E-state index is 11.3. The molecule has 0 fully saturated rings. The van der Waals surface area contributed by atoms with Crippen molar-refractivity contribution in [1.29, 1.82) is 0 Å². The third-order valence-corrected chi connectivity index (χ3v) is 4.08. The van der Waals surface area contributed by atoms with Gasteiger partial charge in [0.15, 0.2) is 4.77 Å². The van der Waals surface area contributed by atoms with E-state index in [1.165, 1.54) is 10.7 Å². The van der Waals surface area contributed by atoms with Crippen LogP contribution in [0.25, 0.3) is 11.3 Å². The second-order valence-electron chi connectivity index (χ2n) is 5.83. The maximum Gasteiger partial charge on any atom is 0.293 e. The molecule has 8 heteroatoms. The van der Waals surface area contributed by atoms with Crippen LogP contribution in [0.5, 0.6) is 0 Å². The highest BCUT2D eigenvalue weighted by molar-refractivity contribution is 7.71. The number of hydrogen-bond acceptors (Lipinski definition) is 5. The normalized spacial score (nSPS) is 11.0. The van der Waals surface area contributed by atoms with E-state index < -0.39 is 4.92 Å². The lowest BCUT2D eigenvalue weighted by Gasteiger charge is -2.12. The van der Waals surface area contributed by atoms with Gasteiger partial charge in [0.25, 0.3) is 5.69 Å². The lowest BCUT2D eigenvalue weighted by molar-refractivity contribution is -0.384. The number of imidazole rings is 1. The van der Waals surface area contributed by atoms with Crippen molar-refractivity contribution in [1.82, 2.24) is 9.66 Å². The number of aromatic amines is 1. The van der Waals surface area contributed by atoms with E-state index in [-0.39, 0.29) is 5.69 Å². The fourth-order valence-corrected chi connectivity index (χ4v) is 2.72. The number of nitro groups is 1. The molecule has 1 N–H and O–H groups in total. The third kappa shape index (κ3) is 3.70. The van der Waals surface area contributed by atoms with Crippen LogP contribution in [0.1, 0.15) is 5.56 Å². The second-order valence-corrected chi connectivity index (χ2v) is 6.21. The smallest absolute Gasteiger partial charge is 0.293 e. The summed E-state index contributed by atoms with van der Waals surface area (Å²) in [4.78, 5) is 15.7. The van der Waals surface area contributed by atoms with Crippen molar-refractivity contribution >= 4 is 29.8 Å². The Morgan fingerprint density at radius 2 is 1.96 bits per heavy atom. The van der Waals surface area contributed by atoms with E-state index in [4.69, 9.17) is 12.2 Å². The van der Waals surface area contributed by atoms with Gasteiger partial charge in [0, 0.05) is 25.7 Å². The molecule has 0 saturated carbocycles. The average Bonchev–Trinajstić information content (AvgIpc) is 3.01. The molecular formula is C18H17N5O2S. The van der Waals surface area contributed by atoms with Crippen LogP contribution in [0.4, 0.5) is 11.4 Å². The quantitative estimate of drug-likeness (QED) is 0.319. The largest absolute Gasteiger partial charge is 0.372 e. The van der Waals surface area contributed by atoms with Crippen LogP contribution in [0.2, 0.25) is 0 Å². The Morgan fingerprint density at radius 1 is 1.23 bits per heavy atom. The predicted octanol–water partition coefficient (Wildman–Crippen LogP) is 4.07. The van der Waals surface area contributed by atoms with Crippen LogP contribution < -0.4 is 4.90 Å². The number of nitro benzene ring substituents is 1. The van der Waals surface area contributed by atoms with Gasteiger partial charge in [-0.15, -0.1) is 0 Å². The number of H-pyrrole nitrogens is 1. The summed E-state index contributed by atoms with van der Waals surface area (Å²) in [6.07, 6.45) is 3.33. The van der Waals surface area contributed by atoms with Crippen LogP contribution in [0.15, 0.2) is 59.8 Å². The van der Waals surface area contributed by atoms with E-state index in [0.29, 0.717) is 16.0 Å². The summed E-state index contributed by atoms with van der Waals surface area (Å²) in [6, 6.07) is 14.7. The van der Waals surface area contributed by atoms with Crippen molar-refractivity contribution in [3.63, 3.8) is 0 Å². The van der Waals surface area contributed by atoms with Crippen LogP contribution in [0, 0.1) is 14.9 Å². The van der Waals surface area contributed by atoms with Crippen LogP contribution >= 0.6 is 12.2 Å². The Labute approximate surface area is 155 Å². The summed E-state index contributed by atoms with van der Waals surface area (Å²) in [5, 5.41) is 15.6. The minimum Gasteiger partial charge on any atom is -0.372 e. The van der Waals surface area contributed by atoms with Gasteiger partial charge in [-0.2, -0.15) is 5.10 Å². The molecule has 0 atom stereocenters. The van der Waals surface area contributed by atoms with Crippen molar-refractivity contribution in [3.05, 3.63) is 75.2 Å². The van der Waals surface area contributed by atoms with Crippen LogP contribution in [-0.2, 0) is 0 Å². The summed E-state index contributed by atoms with van der Waals surface area (Å²) in [6.45, 7) is 0. The first-order chi connectivity index (χ1) is 12.5. The summed E-state index contributed by atoms with van der Waals surface area (Å²) < 4.78 is 1.98. The molecule has 1 heterocycles. The Balaban J connectivity index is 1.91. The molecule has 1 aromatic heterocycles. The molecule has 132 valence electrons. The fraction of sp³-hybridized carbons (Fsp3) is 0.111. The zero-order chi connectivity index (χ0) is 18.7. The molecule has 0 unspecified atom stereocenters. The number of nitrogens with zero attached hydrogens (tertiary/aromatic N) is 4. The number of aromatic nitrogens is 2. The maximum atomic E-state index is 11.3. The minimum atomic E-state index is -0.401. The summed E-state index contributed by atoms with van der Waals surface area (Å²) in [5.74, 6) is 0. The summed E-state index contributed by atoms with van der Waals surface area (Å²) in [5.41, 5.74) is 3.03. The molecule has 3 rings (SSSR count). The topological polar surface area (TPSA) is 79.5 Å². The Hall–Kier alpha value is -3.26. The van der Waals surface area contributed by atoms with Crippen molar-refractivity contribution in [2.45, 2.75) is 0 Å². The molecule has 0 aliphatic carbocycles. The molecule has 0 spiro atoms. The van der Waals surface area contributed by atoms with Gasteiger partial charge < -0.3 is 9.88 Å². The SMILES string of the molecule is CN(C)c1ccc(/C=N\n2cc(-c3ccccc3)[nH]c2=S)cc1[N+](=O)[O-]. The Bertz CT molecular complexity index is 1020. The zero-order valence-electron chi connectivity index (χ0n) is 14.3. The predicted molar refractivity (Wildman–Crippen MR) is 105 cm³/mol.